The van der Waals surface area contributed by atoms with Crippen molar-refractivity contribution in [3.05, 3.63) is 0 Å². The number of likely N-dealkylation sites (N-methyl/N-ethyl adjacent to an activating group) is 1. The Labute approximate surface area is 160 Å². The molecule has 2 unspecified atom stereocenters. The van der Waals surface area contributed by atoms with Crippen molar-refractivity contribution in [2.45, 2.75) is 90.6 Å². The Hall–Kier alpha value is -0.160. The van der Waals surface area contributed by atoms with Crippen LogP contribution in [0.5, 0.6) is 0 Å². The van der Waals surface area contributed by atoms with Crippen molar-refractivity contribution in [3.8, 4) is 0 Å². The lowest BCUT2D eigenvalue weighted by molar-refractivity contribution is -0.198. The molecule has 0 N–H and O–H groups in total. The van der Waals surface area contributed by atoms with Crippen LogP contribution in [0.1, 0.15) is 72.6 Å². The van der Waals surface area contributed by atoms with E-state index >= 15 is 0 Å². The van der Waals surface area contributed by atoms with Gasteiger partial charge in [0.1, 0.15) is 0 Å². The summed E-state index contributed by atoms with van der Waals surface area (Å²) in [5.41, 5.74) is 0.407. The first-order valence-electron chi connectivity index (χ1n) is 10.9. The van der Waals surface area contributed by atoms with Crippen molar-refractivity contribution in [3.63, 3.8) is 0 Å². The van der Waals surface area contributed by atoms with Crippen LogP contribution >= 0.6 is 0 Å². The third-order valence-corrected chi connectivity index (χ3v) is 7.57. The van der Waals surface area contributed by atoms with Crippen molar-refractivity contribution in [2.75, 3.05) is 33.4 Å². The fourth-order valence-electron chi connectivity index (χ4n) is 4.89. The van der Waals surface area contributed by atoms with Gasteiger partial charge in [-0.15, -0.1) is 0 Å². The molecule has 3 aliphatic rings. The molecule has 2 heterocycles. The molecule has 3 fully saturated rings. The Morgan fingerprint density at radius 2 is 1.85 bits per heavy atom. The van der Waals surface area contributed by atoms with Gasteiger partial charge in [0.05, 0.1) is 18.8 Å². The van der Waals surface area contributed by atoms with Gasteiger partial charge < -0.3 is 19.1 Å². The van der Waals surface area contributed by atoms with Crippen LogP contribution in [0.15, 0.2) is 0 Å². The maximum absolute atomic E-state index is 6.45. The maximum atomic E-state index is 6.45. The lowest BCUT2D eigenvalue weighted by Crippen LogP contribution is -2.41. The second-order valence-electron chi connectivity index (χ2n) is 9.90. The van der Waals surface area contributed by atoms with Crippen LogP contribution in [-0.2, 0) is 14.2 Å². The van der Waals surface area contributed by atoms with E-state index < -0.39 is 0 Å². The van der Waals surface area contributed by atoms with Crippen LogP contribution in [0.4, 0.5) is 0 Å². The smallest absolute Gasteiger partial charge is 0.168 e. The van der Waals surface area contributed by atoms with E-state index in [4.69, 9.17) is 14.2 Å². The summed E-state index contributed by atoms with van der Waals surface area (Å²) < 4.78 is 18.4. The molecule has 0 aromatic carbocycles. The summed E-state index contributed by atoms with van der Waals surface area (Å²) in [5, 5.41) is 0. The third kappa shape index (κ3) is 4.81. The second-order valence-corrected chi connectivity index (χ2v) is 9.90. The highest BCUT2D eigenvalue weighted by atomic mass is 16.7. The SMILES string of the molecule is CC(C)C(C)(C)C1CCC2(CC1)OCC(CCN(C)CC1CCCO1)O2. The Balaban J connectivity index is 1.40. The molecule has 1 spiro atoms. The van der Waals surface area contributed by atoms with Crippen LogP contribution in [0.25, 0.3) is 0 Å². The van der Waals surface area contributed by atoms with Crippen LogP contribution in [0.3, 0.4) is 0 Å². The summed E-state index contributed by atoms with van der Waals surface area (Å²) in [7, 11) is 2.20. The zero-order valence-corrected chi connectivity index (χ0v) is 17.8. The molecule has 0 aromatic heterocycles. The van der Waals surface area contributed by atoms with Gasteiger partial charge in [0.2, 0.25) is 0 Å². The van der Waals surface area contributed by atoms with Gasteiger partial charge in [-0.1, -0.05) is 27.7 Å². The number of rotatable bonds is 7. The predicted molar refractivity (Wildman–Crippen MR) is 105 cm³/mol. The fourth-order valence-corrected chi connectivity index (χ4v) is 4.89. The van der Waals surface area contributed by atoms with E-state index in [-0.39, 0.29) is 11.9 Å². The molecule has 0 aromatic rings. The molecule has 1 saturated carbocycles. The lowest BCUT2D eigenvalue weighted by Gasteiger charge is -2.44. The lowest BCUT2D eigenvalue weighted by atomic mass is 9.64. The predicted octanol–water partition coefficient (Wildman–Crippen LogP) is 4.47. The van der Waals surface area contributed by atoms with E-state index in [0.717, 1.165) is 57.4 Å². The topological polar surface area (TPSA) is 30.9 Å². The number of hydrogen-bond donors (Lipinski definition) is 0. The largest absolute Gasteiger partial charge is 0.377 e. The van der Waals surface area contributed by atoms with Crippen LogP contribution in [0.2, 0.25) is 0 Å². The molecule has 0 bridgehead atoms. The molecule has 152 valence electrons. The molecule has 1 aliphatic carbocycles. The normalized spacial score (nSPS) is 35.9. The second kappa shape index (κ2) is 8.46. The van der Waals surface area contributed by atoms with E-state index in [2.05, 4.69) is 39.6 Å². The van der Waals surface area contributed by atoms with Crippen molar-refractivity contribution >= 4 is 0 Å². The summed E-state index contributed by atoms with van der Waals surface area (Å²) in [4.78, 5) is 2.40. The third-order valence-electron chi connectivity index (χ3n) is 7.57. The van der Waals surface area contributed by atoms with Gasteiger partial charge >= 0.3 is 0 Å². The molecule has 0 amide bonds. The van der Waals surface area contributed by atoms with Gasteiger partial charge in [0, 0.05) is 32.5 Å². The van der Waals surface area contributed by atoms with Crippen LogP contribution in [-0.4, -0.2) is 56.2 Å². The first-order chi connectivity index (χ1) is 12.3. The Morgan fingerprint density at radius 1 is 1.12 bits per heavy atom. The van der Waals surface area contributed by atoms with Crippen molar-refractivity contribution in [1.29, 1.82) is 0 Å². The maximum Gasteiger partial charge on any atom is 0.168 e. The summed E-state index contributed by atoms with van der Waals surface area (Å²) in [5.74, 6) is 1.23. The Morgan fingerprint density at radius 3 is 2.46 bits per heavy atom. The van der Waals surface area contributed by atoms with E-state index in [1.807, 2.05) is 0 Å². The average molecular weight is 368 g/mol. The van der Waals surface area contributed by atoms with E-state index in [9.17, 15) is 0 Å². The summed E-state index contributed by atoms with van der Waals surface area (Å²) in [6.45, 7) is 13.4. The van der Waals surface area contributed by atoms with Crippen LogP contribution in [0, 0.1) is 17.3 Å². The number of nitrogens with zero attached hydrogens (tertiary/aromatic N) is 1. The zero-order valence-electron chi connectivity index (χ0n) is 17.8. The Kier molecular flexibility index (Phi) is 6.70. The molecule has 2 aliphatic heterocycles. The quantitative estimate of drug-likeness (QED) is 0.664. The monoisotopic (exact) mass is 367 g/mol. The number of ether oxygens (including phenoxy) is 3. The van der Waals surface area contributed by atoms with Crippen molar-refractivity contribution < 1.29 is 14.2 Å². The standard InChI is InChI=1S/C22H41NO3/c1-17(2)21(3,4)18-8-11-22(12-9-18)25-16-20(26-22)10-13-23(5)15-19-7-6-14-24-19/h17-20H,6-16H2,1-5H3. The minimum atomic E-state index is -0.276. The van der Waals surface area contributed by atoms with Crippen molar-refractivity contribution in [2.24, 2.45) is 17.3 Å². The molecule has 0 radical (unpaired) electrons. The highest BCUT2D eigenvalue weighted by Crippen LogP contribution is 2.48. The minimum absolute atomic E-state index is 0.261. The molecule has 26 heavy (non-hydrogen) atoms. The van der Waals surface area contributed by atoms with Gasteiger partial charge in [0.25, 0.3) is 0 Å². The Bertz CT molecular complexity index is 437. The highest BCUT2D eigenvalue weighted by Gasteiger charge is 2.47. The molecule has 3 rings (SSSR count). The molecule has 2 atom stereocenters. The van der Waals surface area contributed by atoms with Crippen molar-refractivity contribution in [1.82, 2.24) is 4.90 Å². The van der Waals surface area contributed by atoms with E-state index in [1.165, 1.54) is 25.7 Å². The van der Waals surface area contributed by atoms with Gasteiger partial charge in [-0.3, -0.25) is 0 Å². The fraction of sp³-hybridized carbons (Fsp3) is 1.00. The van der Waals surface area contributed by atoms with E-state index in [0.29, 0.717) is 11.5 Å². The van der Waals surface area contributed by atoms with Gasteiger partial charge in [0.15, 0.2) is 5.79 Å². The minimum Gasteiger partial charge on any atom is -0.377 e. The first-order valence-corrected chi connectivity index (χ1v) is 10.9. The van der Waals surface area contributed by atoms with Gasteiger partial charge in [-0.05, 0) is 56.4 Å². The van der Waals surface area contributed by atoms with E-state index in [1.54, 1.807) is 0 Å². The first kappa shape index (κ1) is 20.6. The summed E-state index contributed by atoms with van der Waals surface area (Å²) >= 11 is 0. The summed E-state index contributed by atoms with van der Waals surface area (Å²) in [6, 6.07) is 0. The molecule has 4 heteroatoms. The van der Waals surface area contributed by atoms with Gasteiger partial charge in [-0.25, -0.2) is 0 Å². The molecule has 4 nitrogen and oxygen atoms in total. The number of hydrogen-bond acceptors (Lipinski definition) is 4. The highest BCUT2D eigenvalue weighted by molar-refractivity contribution is 4.91. The molecular formula is C22H41NO3. The van der Waals surface area contributed by atoms with Crippen LogP contribution < -0.4 is 0 Å². The molecule has 2 saturated heterocycles. The average Bonchev–Trinajstić information content (AvgIpc) is 3.24. The summed E-state index contributed by atoms with van der Waals surface area (Å²) in [6.07, 6.45) is 8.79. The van der Waals surface area contributed by atoms with Gasteiger partial charge in [-0.2, -0.15) is 0 Å². The molecular weight excluding hydrogens is 326 g/mol. The zero-order chi connectivity index (χ0) is 18.8.